The van der Waals surface area contributed by atoms with E-state index in [4.69, 9.17) is 12.2 Å². The molecule has 0 spiro atoms. The second-order valence-corrected chi connectivity index (χ2v) is 3.05. The number of esters is 1. The van der Waals surface area contributed by atoms with Crippen LogP contribution in [0.3, 0.4) is 0 Å². The van der Waals surface area contributed by atoms with Crippen LogP contribution in [0.2, 0.25) is 0 Å². The minimum Gasteiger partial charge on any atom is -0.464 e. The van der Waals surface area contributed by atoms with Crippen LogP contribution in [0, 0.1) is 12.3 Å². The van der Waals surface area contributed by atoms with E-state index in [1.807, 2.05) is 0 Å². The summed E-state index contributed by atoms with van der Waals surface area (Å²) in [6.07, 6.45) is 5.45. The third-order valence-corrected chi connectivity index (χ3v) is 1.64. The molecule has 0 aliphatic heterocycles. The van der Waals surface area contributed by atoms with Gasteiger partial charge in [-0.2, -0.15) is 0 Å². The molecule has 2 unspecified atom stereocenters. The van der Waals surface area contributed by atoms with Gasteiger partial charge in [0.05, 0.1) is 6.61 Å². The quantitative estimate of drug-likeness (QED) is 0.362. The van der Waals surface area contributed by atoms with Crippen molar-refractivity contribution in [3.05, 3.63) is 0 Å². The van der Waals surface area contributed by atoms with Crippen LogP contribution in [-0.4, -0.2) is 30.6 Å². The molecule has 0 aromatic carbocycles. The van der Waals surface area contributed by atoms with E-state index in [2.05, 4.69) is 16.0 Å². The van der Waals surface area contributed by atoms with Crippen molar-refractivity contribution >= 4 is 11.9 Å². The van der Waals surface area contributed by atoms with E-state index in [9.17, 15) is 9.59 Å². The lowest BCUT2D eigenvalue weighted by Crippen LogP contribution is -2.49. The second-order valence-electron chi connectivity index (χ2n) is 3.05. The zero-order valence-electron chi connectivity index (χ0n) is 8.95. The maximum atomic E-state index is 11.3. The van der Waals surface area contributed by atoms with Gasteiger partial charge in [-0.3, -0.25) is 4.79 Å². The molecule has 0 saturated carbocycles. The molecule has 0 radical (unpaired) electrons. The molecule has 84 valence electrons. The zero-order valence-corrected chi connectivity index (χ0v) is 8.95. The van der Waals surface area contributed by atoms with E-state index >= 15 is 0 Å². The second kappa shape index (κ2) is 6.85. The van der Waals surface area contributed by atoms with Gasteiger partial charge in [0.15, 0.2) is 6.04 Å². The van der Waals surface area contributed by atoms with Crippen LogP contribution in [0.5, 0.6) is 0 Å². The molecule has 5 nitrogen and oxygen atoms in total. The Kier molecular flexibility index (Phi) is 6.14. The van der Waals surface area contributed by atoms with Crippen LogP contribution in [-0.2, 0) is 14.3 Å². The molecule has 3 N–H and O–H groups in total. The summed E-state index contributed by atoms with van der Waals surface area (Å²) in [5.74, 6) is 1.09. The summed E-state index contributed by atoms with van der Waals surface area (Å²) in [5, 5.41) is 2.51. The molecule has 2 atom stereocenters. The van der Waals surface area contributed by atoms with Crippen molar-refractivity contribution in [2.75, 3.05) is 6.61 Å². The van der Waals surface area contributed by atoms with Gasteiger partial charge in [-0.05, 0) is 13.8 Å². The monoisotopic (exact) mass is 212 g/mol. The number of nitrogens with two attached hydrogens (primary N) is 1. The molecular formula is C10H16N2O3. The predicted molar refractivity (Wildman–Crippen MR) is 55.7 cm³/mol. The number of carbonyl (C=O) groups excluding carboxylic acids is 2. The fourth-order valence-electron chi connectivity index (χ4n) is 0.900. The number of rotatable bonds is 5. The van der Waals surface area contributed by atoms with Gasteiger partial charge in [-0.25, -0.2) is 4.79 Å². The Hall–Kier alpha value is -1.54. The van der Waals surface area contributed by atoms with Crippen molar-refractivity contribution in [2.45, 2.75) is 32.4 Å². The summed E-state index contributed by atoms with van der Waals surface area (Å²) >= 11 is 0. The molecule has 0 rings (SSSR count). The van der Waals surface area contributed by atoms with E-state index in [1.54, 1.807) is 13.8 Å². The van der Waals surface area contributed by atoms with Gasteiger partial charge in [0.1, 0.15) is 0 Å². The first-order valence-corrected chi connectivity index (χ1v) is 4.69. The van der Waals surface area contributed by atoms with Crippen LogP contribution in [0.25, 0.3) is 0 Å². The Labute approximate surface area is 89.3 Å². The molecule has 0 saturated heterocycles. The number of ether oxygens (including phenoxy) is 1. The number of terminal acetylenes is 1. The van der Waals surface area contributed by atoms with Crippen molar-refractivity contribution in [2.24, 2.45) is 5.73 Å². The molecule has 0 aliphatic rings. The summed E-state index contributed by atoms with van der Waals surface area (Å²) in [6, 6.07) is -1.49. The average molecular weight is 212 g/mol. The standard InChI is InChI=1S/C10H16N2O3/c1-4-6-7(3)12-9(13)8(11)10(14)15-5-2/h1,7-8H,5-6,11H2,2-3H3,(H,12,13). The van der Waals surface area contributed by atoms with Crippen LogP contribution in [0.4, 0.5) is 0 Å². The summed E-state index contributed by atoms with van der Waals surface area (Å²) < 4.78 is 4.60. The molecule has 0 bridgehead atoms. The van der Waals surface area contributed by atoms with Gasteiger partial charge < -0.3 is 15.8 Å². The normalized spacial score (nSPS) is 13.5. The summed E-state index contributed by atoms with van der Waals surface area (Å²) in [4.78, 5) is 22.4. The average Bonchev–Trinajstić information content (AvgIpc) is 2.17. The molecule has 1 amide bonds. The van der Waals surface area contributed by atoms with Crippen molar-refractivity contribution in [3.63, 3.8) is 0 Å². The maximum absolute atomic E-state index is 11.3. The van der Waals surface area contributed by atoms with Crippen molar-refractivity contribution in [3.8, 4) is 12.3 Å². The highest BCUT2D eigenvalue weighted by molar-refractivity contribution is 6.01. The van der Waals surface area contributed by atoms with E-state index in [-0.39, 0.29) is 12.6 Å². The highest BCUT2D eigenvalue weighted by atomic mass is 16.5. The lowest BCUT2D eigenvalue weighted by Gasteiger charge is -2.14. The fourth-order valence-corrected chi connectivity index (χ4v) is 0.900. The van der Waals surface area contributed by atoms with Crippen molar-refractivity contribution < 1.29 is 14.3 Å². The number of hydrogen-bond donors (Lipinski definition) is 2. The maximum Gasteiger partial charge on any atom is 0.332 e. The van der Waals surface area contributed by atoms with Gasteiger partial charge in [0.2, 0.25) is 5.91 Å². The molecule has 0 fully saturated rings. The minimum atomic E-state index is -1.29. The van der Waals surface area contributed by atoms with E-state index < -0.39 is 17.9 Å². The van der Waals surface area contributed by atoms with Crippen molar-refractivity contribution in [1.82, 2.24) is 5.32 Å². The van der Waals surface area contributed by atoms with Crippen LogP contribution in [0.1, 0.15) is 20.3 Å². The SMILES string of the molecule is C#CCC(C)NC(=O)C(N)C(=O)OCC. The Bertz CT molecular complexity index is 270. The smallest absolute Gasteiger partial charge is 0.332 e. The minimum absolute atomic E-state index is 0.194. The molecule has 0 aliphatic carbocycles. The van der Waals surface area contributed by atoms with Crippen molar-refractivity contribution in [1.29, 1.82) is 0 Å². The zero-order chi connectivity index (χ0) is 11.8. The summed E-state index contributed by atoms with van der Waals surface area (Å²) in [7, 11) is 0. The number of hydrogen-bond acceptors (Lipinski definition) is 4. The first-order valence-electron chi connectivity index (χ1n) is 4.69. The van der Waals surface area contributed by atoms with Crippen LogP contribution < -0.4 is 11.1 Å². The van der Waals surface area contributed by atoms with Gasteiger partial charge in [0, 0.05) is 12.5 Å². The first kappa shape index (κ1) is 13.5. The molecule has 0 heterocycles. The van der Waals surface area contributed by atoms with E-state index in [0.717, 1.165) is 0 Å². The number of amides is 1. The molecule has 15 heavy (non-hydrogen) atoms. The molecular weight excluding hydrogens is 196 g/mol. The fraction of sp³-hybridized carbons (Fsp3) is 0.600. The third kappa shape index (κ3) is 5.03. The van der Waals surface area contributed by atoms with Gasteiger partial charge in [-0.1, -0.05) is 0 Å². The first-order chi connectivity index (χ1) is 7.02. The lowest BCUT2D eigenvalue weighted by atomic mass is 10.2. The highest BCUT2D eigenvalue weighted by Crippen LogP contribution is 1.91. The highest BCUT2D eigenvalue weighted by Gasteiger charge is 2.24. The molecule has 0 aromatic heterocycles. The predicted octanol–water partition coefficient (Wildman–Crippen LogP) is -0.595. The third-order valence-electron chi connectivity index (χ3n) is 1.64. The van der Waals surface area contributed by atoms with Crippen LogP contribution in [0.15, 0.2) is 0 Å². The summed E-state index contributed by atoms with van der Waals surface area (Å²) in [5.41, 5.74) is 5.35. The van der Waals surface area contributed by atoms with Gasteiger partial charge in [-0.15, -0.1) is 12.3 Å². The number of nitrogens with one attached hydrogen (secondary N) is 1. The molecule has 0 aromatic rings. The largest absolute Gasteiger partial charge is 0.464 e. The lowest BCUT2D eigenvalue weighted by molar-refractivity contribution is -0.148. The van der Waals surface area contributed by atoms with Gasteiger partial charge in [0.25, 0.3) is 0 Å². The van der Waals surface area contributed by atoms with E-state index in [0.29, 0.717) is 6.42 Å². The Balaban J connectivity index is 4.10. The Morgan fingerprint density at radius 3 is 2.67 bits per heavy atom. The number of carbonyl (C=O) groups is 2. The van der Waals surface area contributed by atoms with Gasteiger partial charge >= 0.3 is 5.97 Å². The van der Waals surface area contributed by atoms with Crippen LogP contribution >= 0.6 is 0 Å². The molecule has 5 heteroatoms. The summed E-state index contributed by atoms with van der Waals surface area (Å²) in [6.45, 7) is 3.57. The topological polar surface area (TPSA) is 81.4 Å². The Morgan fingerprint density at radius 1 is 1.60 bits per heavy atom. The Morgan fingerprint density at radius 2 is 2.20 bits per heavy atom. The van der Waals surface area contributed by atoms with E-state index in [1.165, 1.54) is 0 Å².